The van der Waals surface area contributed by atoms with E-state index in [2.05, 4.69) is 39.2 Å². The lowest BCUT2D eigenvalue weighted by Crippen LogP contribution is -2.41. The molecule has 27 heteroatoms. The molecule has 2 aromatic carbocycles. The first-order valence-electron chi connectivity index (χ1n) is 41.1. The second kappa shape index (κ2) is 56.3. The number of aromatic amines is 1. The number of phosphoric acid groups is 1. The Morgan fingerprint density at radius 3 is 1.68 bits per heavy atom. The summed E-state index contributed by atoms with van der Waals surface area (Å²) < 4.78 is 71.4. The van der Waals surface area contributed by atoms with Gasteiger partial charge in [0.2, 0.25) is 21.8 Å². The smallest absolute Gasteiger partial charge is 0.472 e. The van der Waals surface area contributed by atoms with Crippen molar-refractivity contribution in [2.45, 2.75) is 327 Å². The summed E-state index contributed by atoms with van der Waals surface area (Å²) in [5, 5.41) is 15.6. The number of benzene rings is 2. The largest absolute Gasteiger partial charge is 0.494 e. The molecule has 0 radical (unpaired) electrons. The maximum Gasteiger partial charge on any atom is 0.472 e. The van der Waals surface area contributed by atoms with Crippen LogP contribution in [0.2, 0.25) is 0 Å². The number of unbranched alkanes of at least 4 members (excludes halogenated alkanes) is 28. The summed E-state index contributed by atoms with van der Waals surface area (Å²) in [5.41, 5.74) is 1.42. The number of hydrogen-bond donors (Lipinski definition) is 6. The van der Waals surface area contributed by atoms with Crippen LogP contribution in [0.5, 0.6) is 5.75 Å². The number of phosphoric ester groups is 1. The lowest BCUT2D eigenvalue weighted by Gasteiger charge is -2.20. The molecular formula is C83H131N6O19PS. The molecule has 618 valence electrons. The molecular weight excluding hydrogens is 1450 g/mol. The molecule has 25 nitrogen and oxygen atoms in total. The molecule has 3 atom stereocenters. The summed E-state index contributed by atoms with van der Waals surface area (Å²) in [6.07, 6.45) is 40.7. The van der Waals surface area contributed by atoms with E-state index in [0.717, 1.165) is 56.3 Å². The molecule has 2 amide bonds. The average molecular weight is 1580 g/mol. The van der Waals surface area contributed by atoms with Crippen molar-refractivity contribution in [1.29, 1.82) is 0 Å². The van der Waals surface area contributed by atoms with Gasteiger partial charge in [0.1, 0.15) is 35.8 Å². The topological polar surface area (TPSA) is 361 Å². The Labute approximate surface area is 653 Å². The van der Waals surface area contributed by atoms with Crippen molar-refractivity contribution < 1.29 is 84.6 Å². The van der Waals surface area contributed by atoms with Gasteiger partial charge in [0, 0.05) is 95.5 Å². The molecule has 0 saturated carbocycles. The predicted molar refractivity (Wildman–Crippen MR) is 427 cm³/mol. The van der Waals surface area contributed by atoms with Crippen molar-refractivity contribution in [2.24, 2.45) is 7.05 Å². The van der Waals surface area contributed by atoms with Gasteiger partial charge in [-0.1, -0.05) is 200 Å². The fourth-order valence-electron chi connectivity index (χ4n) is 13.3. The molecule has 2 aromatic heterocycles. The number of nitrogens with one attached hydrogen (secondary N) is 4. The molecule has 110 heavy (non-hydrogen) atoms. The van der Waals surface area contributed by atoms with Gasteiger partial charge in [-0.05, 0) is 99.7 Å². The number of H-pyrrole nitrogens is 1. The number of carboxylic acid groups (broad SMARTS) is 1. The molecule has 0 fully saturated rings. The van der Waals surface area contributed by atoms with E-state index in [1.165, 1.54) is 167 Å². The number of amides is 2. The van der Waals surface area contributed by atoms with E-state index in [1.54, 1.807) is 30.1 Å². The van der Waals surface area contributed by atoms with E-state index in [4.69, 9.17) is 23.3 Å². The molecule has 1 unspecified atom stereocenters. The Hall–Kier alpha value is -6.96. The van der Waals surface area contributed by atoms with Crippen molar-refractivity contribution in [2.75, 3.05) is 39.5 Å². The van der Waals surface area contributed by atoms with E-state index < -0.39 is 103 Å². The molecule has 0 spiro atoms. The highest BCUT2D eigenvalue weighted by atomic mass is 32.2. The highest BCUT2D eigenvalue weighted by molar-refractivity contribution is 7.89. The fraction of sp³-hybridized carbons (Fsp3) is 0.687. The number of imidazole rings is 1. The van der Waals surface area contributed by atoms with Gasteiger partial charge in [0.25, 0.3) is 0 Å². The van der Waals surface area contributed by atoms with Gasteiger partial charge in [0.15, 0.2) is 17.3 Å². The van der Waals surface area contributed by atoms with E-state index in [-0.39, 0.29) is 105 Å². The quantitative estimate of drug-likeness (QED) is 0.00786. The van der Waals surface area contributed by atoms with Gasteiger partial charge >= 0.3 is 25.7 Å². The minimum atomic E-state index is -4.75. The second-order valence-corrected chi connectivity index (χ2v) is 32.5. The van der Waals surface area contributed by atoms with Gasteiger partial charge in [-0.25, -0.2) is 18.0 Å². The monoisotopic (exact) mass is 1580 g/mol. The number of esters is 2. The first kappa shape index (κ1) is 95.4. The number of rotatable bonds is 68. The zero-order valence-corrected chi connectivity index (χ0v) is 68.4. The number of carboxylic acids is 1. The van der Waals surface area contributed by atoms with Crippen LogP contribution < -0.4 is 25.5 Å². The van der Waals surface area contributed by atoms with Gasteiger partial charge in [-0.3, -0.25) is 52.2 Å². The van der Waals surface area contributed by atoms with Crippen molar-refractivity contribution in [1.82, 2.24) is 29.9 Å². The number of hydrogen-bond acceptors (Lipinski definition) is 18. The molecule has 0 bridgehead atoms. The number of Topliss-reactive ketones (excluding diaryl/α,β-unsaturated/α-hetero) is 3. The lowest BCUT2D eigenvalue weighted by atomic mass is 10.0. The summed E-state index contributed by atoms with van der Waals surface area (Å²) in [7, 11) is -7.51. The number of carbonyl (C=O) groups is 8. The van der Waals surface area contributed by atoms with E-state index in [0.29, 0.717) is 55.2 Å². The number of fused-ring (bicyclic) bond motifs is 1. The zero-order valence-electron chi connectivity index (χ0n) is 66.7. The molecule has 2 heterocycles. The van der Waals surface area contributed by atoms with E-state index in [9.17, 15) is 66.1 Å². The minimum Gasteiger partial charge on any atom is -0.494 e. The molecule has 0 aliphatic heterocycles. The Kier molecular flexibility index (Phi) is 48.8. The van der Waals surface area contributed by atoms with Gasteiger partial charge in [0.05, 0.1) is 42.2 Å². The highest BCUT2D eigenvalue weighted by Gasteiger charge is 2.31. The molecule has 0 aliphatic carbocycles. The van der Waals surface area contributed by atoms with Crippen LogP contribution in [0, 0.1) is 13.8 Å². The summed E-state index contributed by atoms with van der Waals surface area (Å²) in [6.45, 7) is 6.17. The number of ketones is 3. The van der Waals surface area contributed by atoms with Crippen LogP contribution in [0.4, 0.5) is 0 Å². The van der Waals surface area contributed by atoms with Crippen LogP contribution in [0.3, 0.4) is 0 Å². The van der Waals surface area contributed by atoms with Crippen molar-refractivity contribution in [3.63, 3.8) is 0 Å². The van der Waals surface area contributed by atoms with E-state index in [1.807, 2.05) is 12.1 Å². The molecule has 0 saturated heterocycles. The Morgan fingerprint density at radius 2 is 1.13 bits per heavy atom. The molecule has 4 aromatic rings. The molecule has 0 aliphatic rings. The highest BCUT2D eigenvalue weighted by Crippen LogP contribution is 2.43. The molecule has 6 N–H and O–H groups in total. The van der Waals surface area contributed by atoms with E-state index >= 15 is 0 Å². The Bertz CT molecular complexity index is 3600. The number of pyridine rings is 1. The number of sulfonamides is 1. The number of ether oxygens (including phenoxy) is 3. The van der Waals surface area contributed by atoms with Crippen LogP contribution in [-0.4, -0.2) is 132 Å². The SMILES string of the molecule is CCCCCCCCCCCCCCCCCC(=O)OC[C@H](COP(=O)(O)OCCNC(=O)CC(=O)CCCC(=O)CCCNC(=O)CCCOc1cc(C)c(S(=O)(=O)N[C@@H](CCC(=O)c2cn(C)c3cc(CCc4ncc[nH]4)ccc3c2=O)C(=O)O)c(C)c1)OC(=O)CCCCCCCCCCCCCCCCC. The summed E-state index contributed by atoms with van der Waals surface area (Å²) >= 11 is 0. The zero-order chi connectivity index (χ0) is 80.2. The third-order valence-electron chi connectivity index (χ3n) is 19.6. The Balaban J connectivity index is 1.07. The van der Waals surface area contributed by atoms with Gasteiger partial charge in [-0.2, -0.15) is 4.72 Å². The number of aliphatic carboxylic acids is 1. The number of aryl methyl sites for hydroxylation is 5. The van der Waals surface area contributed by atoms with Crippen LogP contribution in [0.25, 0.3) is 10.9 Å². The minimum absolute atomic E-state index is 0.0397. The third kappa shape index (κ3) is 42.1. The maximum atomic E-state index is 13.7. The third-order valence-corrected chi connectivity index (χ3v) is 22.3. The van der Waals surface area contributed by atoms with Crippen LogP contribution in [-0.2, 0) is 86.6 Å². The van der Waals surface area contributed by atoms with Gasteiger partial charge in [-0.15, -0.1) is 0 Å². The second-order valence-electron chi connectivity index (χ2n) is 29.4. The van der Waals surface area contributed by atoms with Gasteiger partial charge < -0.3 is 44.4 Å². The predicted octanol–water partition coefficient (Wildman–Crippen LogP) is 16.0. The number of carbonyl (C=O) groups excluding carboxylic acids is 7. The lowest BCUT2D eigenvalue weighted by molar-refractivity contribution is -0.161. The standard InChI is InChI=1S/C83H131N6O19PS/c1-6-8-10-12-14-16-18-20-22-24-26-28-30-32-34-43-79(95)105-62-70(108-80(96)44-35-33-31-29-27-25-23-21-19-17-15-13-11-9-7-2)63-107-109(100,101)106-56-54-87-78(94)60-68(91)40-36-39-67(90)41-37-51-86-77(93)42-38-55-104-69-57-64(3)82(65(4)58-69)110(102,103)88-73(83(98)99)48-49-75(92)72-61-89(5)74-59-66(45-47-71(74)81(72)97)46-50-76-84-52-53-85-76/h45,47,52-53,57-59,61,70,73,88H,6-44,46,48-51,54-56,60,62-63H2,1-5H3,(H,84,85)(H,86,93)(H,87,94)(H,98,99)(H,100,101)/t70-,73+/m1/s1. The average Bonchev–Trinajstić information content (AvgIpc) is 0.806. The number of nitrogens with zero attached hydrogens (tertiary/aromatic N) is 2. The fourth-order valence-corrected chi connectivity index (χ4v) is 15.7. The summed E-state index contributed by atoms with van der Waals surface area (Å²) in [6, 6.07) is 6.58. The summed E-state index contributed by atoms with van der Waals surface area (Å²) in [4.78, 5) is 133. The van der Waals surface area contributed by atoms with Crippen LogP contribution in [0.15, 0.2) is 58.6 Å². The maximum absolute atomic E-state index is 13.7. The Morgan fingerprint density at radius 1 is 0.591 bits per heavy atom. The van der Waals surface area contributed by atoms with Crippen molar-refractivity contribution in [3.05, 3.63) is 87.2 Å². The van der Waals surface area contributed by atoms with Crippen molar-refractivity contribution >= 4 is 75.8 Å². The van der Waals surface area contributed by atoms with Crippen LogP contribution in [0.1, 0.15) is 316 Å². The van der Waals surface area contributed by atoms with Crippen molar-refractivity contribution in [3.8, 4) is 5.75 Å². The first-order chi connectivity index (χ1) is 52.9. The summed E-state index contributed by atoms with van der Waals surface area (Å²) in [5.74, 6) is -3.50. The van der Waals surface area contributed by atoms with Crippen LogP contribution >= 0.6 is 7.82 Å². The number of aromatic nitrogens is 3. The normalized spacial score (nSPS) is 12.7. The first-order valence-corrected chi connectivity index (χ1v) is 44.1. The molecule has 4 rings (SSSR count).